The maximum Gasteiger partial charge on any atom is 0.234 e. The molecule has 1 N–H and O–H groups in total. The second-order valence-electron chi connectivity index (χ2n) is 7.03. The Hall–Kier alpha value is -2.52. The first-order valence-corrected chi connectivity index (χ1v) is 12.0. The van der Waals surface area contributed by atoms with Crippen molar-refractivity contribution in [2.75, 3.05) is 17.3 Å². The van der Waals surface area contributed by atoms with Crippen LogP contribution >= 0.6 is 23.5 Å². The van der Waals surface area contributed by atoms with Gasteiger partial charge >= 0.3 is 0 Å². The molecule has 1 amide bonds. The third kappa shape index (κ3) is 5.80. The van der Waals surface area contributed by atoms with E-state index >= 15 is 0 Å². The molecule has 1 unspecified atom stereocenters. The van der Waals surface area contributed by atoms with Gasteiger partial charge in [0.25, 0.3) is 0 Å². The summed E-state index contributed by atoms with van der Waals surface area (Å²) in [6, 6.07) is 14.0. The Morgan fingerprint density at radius 2 is 1.84 bits per heavy atom. The molecule has 1 aromatic heterocycles. The molecular weight excluding hydrogens is 435 g/mol. The molecule has 0 radical (unpaired) electrons. The number of nitrogens with zero attached hydrogens (tertiary/aromatic N) is 3. The van der Waals surface area contributed by atoms with Crippen LogP contribution in [0.25, 0.3) is 0 Å². The van der Waals surface area contributed by atoms with E-state index < -0.39 is 11.9 Å². The van der Waals surface area contributed by atoms with Crippen LogP contribution in [0.4, 0.5) is 10.1 Å². The number of halogens is 1. The lowest BCUT2D eigenvalue weighted by Gasteiger charge is -2.19. The largest absolute Gasteiger partial charge is 0.480 e. The standard InChI is InChI=1S/C22H25FN4O2S2/c1-14(2)27-21(15(3)29-18-11-7-5-9-16(18)23)25-26-22(27)31-13-20(28)24-17-10-6-8-12-19(17)30-4/h5-12,14-15H,13H2,1-4H3,(H,24,28). The Morgan fingerprint density at radius 1 is 1.13 bits per heavy atom. The summed E-state index contributed by atoms with van der Waals surface area (Å²) in [5.41, 5.74) is 0.790. The number of benzene rings is 2. The lowest BCUT2D eigenvalue weighted by Crippen LogP contribution is -2.17. The minimum Gasteiger partial charge on any atom is -0.480 e. The molecule has 0 bridgehead atoms. The first-order valence-electron chi connectivity index (χ1n) is 9.82. The van der Waals surface area contributed by atoms with E-state index in [2.05, 4.69) is 15.5 Å². The monoisotopic (exact) mass is 460 g/mol. The molecule has 31 heavy (non-hydrogen) atoms. The van der Waals surface area contributed by atoms with E-state index in [4.69, 9.17) is 4.74 Å². The lowest BCUT2D eigenvalue weighted by molar-refractivity contribution is -0.113. The van der Waals surface area contributed by atoms with Crippen LogP contribution in [-0.2, 0) is 4.79 Å². The van der Waals surface area contributed by atoms with Crippen LogP contribution in [0.15, 0.2) is 58.6 Å². The van der Waals surface area contributed by atoms with Gasteiger partial charge in [-0.3, -0.25) is 4.79 Å². The average molecular weight is 461 g/mol. The number of carbonyl (C=O) groups is 1. The summed E-state index contributed by atoms with van der Waals surface area (Å²) in [5, 5.41) is 12.1. The number of thioether (sulfide) groups is 2. The summed E-state index contributed by atoms with van der Waals surface area (Å²) in [4.78, 5) is 13.5. The van der Waals surface area contributed by atoms with Crippen molar-refractivity contribution in [1.82, 2.24) is 14.8 Å². The molecule has 164 valence electrons. The quantitative estimate of drug-likeness (QED) is 0.420. The van der Waals surface area contributed by atoms with Gasteiger partial charge in [-0.25, -0.2) is 4.39 Å². The van der Waals surface area contributed by atoms with Crippen molar-refractivity contribution in [1.29, 1.82) is 0 Å². The zero-order valence-corrected chi connectivity index (χ0v) is 19.5. The molecule has 6 nitrogen and oxygen atoms in total. The minimum absolute atomic E-state index is 0.0412. The van der Waals surface area contributed by atoms with Gasteiger partial charge in [0.05, 0.1) is 11.4 Å². The fourth-order valence-electron chi connectivity index (χ4n) is 3.00. The first-order chi connectivity index (χ1) is 14.9. The van der Waals surface area contributed by atoms with Crippen LogP contribution in [0.2, 0.25) is 0 Å². The Labute approximate surface area is 190 Å². The topological polar surface area (TPSA) is 69.0 Å². The van der Waals surface area contributed by atoms with Crippen molar-refractivity contribution in [2.45, 2.75) is 43.0 Å². The molecule has 3 aromatic rings. The van der Waals surface area contributed by atoms with Crippen LogP contribution in [0.5, 0.6) is 5.75 Å². The normalized spacial score (nSPS) is 12.1. The third-order valence-electron chi connectivity index (χ3n) is 4.42. The average Bonchev–Trinajstić information content (AvgIpc) is 3.19. The van der Waals surface area contributed by atoms with Crippen LogP contribution in [0.1, 0.15) is 38.7 Å². The molecule has 9 heteroatoms. The van der Waals surface area contributed by atoms with E-state index in [1.54, 1.807) is 36.9 Å². The van der Waals surface area contributed by atoms with Crippen molar-refractivity contribution in [3.05, 3.63) is 60.2 Å². The Morgan fingerprint density at radius 3 is 2.55 bits per heavy atom. The number of hydrogen-bond acceptors (Lipinski definition) is 6. The van der Waals surface area contributed by atoms with Gasteiger partial charge in [0, 0.05) is 10.9 Å². The van der Waals surface area contributed by atoms with Crippen molar-refractivity contribution in [3.63, 3.8) is 0 Å². The number of carbonyl (C=O) groups excluding carboxylic acids is 1. The van der Waals surface area contributed by atoms with Gasteiger partial charge in [-0.2, -0.15) is 0 Å². The zero-order chi connectivity index (χ0) is 22.4. The summed E-state index contributed by atoms with van der Waals surface area (Å²) in [6.45, 7) is 5.80. The van der Waals surface area contributed by atoms with E-state index in [1.165, 1.54) is 17.8 Å². The molecule has 1 atom stereocenters. The molecule has 0 saturated carbocycles. The van der Waals surface area contributed by atoms with Crippen molar-refractivity contribution in [3.8, 4) is 5.75 Å². The highest BCUT2D eigenvalue weighted by Crippen LogP contribution is 2.29. The third-order valence-corrected chi connectivity index (χ3v) is 6.16. The highest BCUT2D eigenvalue weighted by atomic mass is 32.2. The fraction of sp³-hybridized carbons (Fsp3) is 0.318. The maximum atomic E-state index is 14.0. The zero-order valence-electron chi connectivity index (χ0n) is 17.8. The Bertz CT molecular complexity index is 1040. The van der Waals surface area contributed by atoms with Gasteiger partial charge in [0.15, 0.2) is 28.7 Å². The van der Waals surface area contributed by atoms with Crippen LogP contribution < -0.4 is 10.1 Å². The molecule has 2 aromatic carbocycles. The number of nitrogens with one attached hydrogen (secondary N) is 1. The molecular formula is C22H25FN4O2S2. The maximum absolute atomic E-state index is 14.0. The van der Waals surface area contributed by atoms with Crippen molar-refractivity contribution in [2.24, 2.45) is 0 Å². The number of ether oxygens (including phenoxy) is 1. The van der Waals surface area contributed by atoms with E-state index in [0.717, 1.165) is 10.6 Å². The molecule has 1 heterocycles. The van der Waals surface area contributed by atoms with Crippen LogP contribution in [-0.4, -0.2) is 32.7 Å². The van der Waals surface area contributed by atoms with Gasteiger partial charge < -0.3 is 14.6 Å². The van der Waals surface area contributed by atoms with E-state index in [1.807, 2.05) is 48.9 Å². The number of amides is 1. The molecule has 0 aliphatic heterocycles. The number of rotatable bonds is 9. The van der Waals surface area contributed by atoms with Crippen molar-refractivity contribution < 1.29 is 13.9 Å². The van der Waals surface area contributed by atoms with Gasteiger partial charge in [0.1, 0.15) is 0 Å². The molecule has 0 aliphatic carbocycles. The lowest BCUT2D eigenvalue weighted by atomic mass is 10.3. The first kappa shape index (κ1) is 23.1. The molecule has 0 spiro atoms. The van der Waals surface area contributed by atoms with E-state index in [9.17, 15) is 9.18 Å². The second kappa shape index (κ2) is 10.7. The smallest absolute Gasteiger partial charge is 0.234 e. The Balaban J connectivity index is 1.70. The summed E-state index contributed by atoms with van der Waals surface area (Å²) in [5.74, 6) is 0.378. The number of aromatic nitrogens is 3. The van der Waals surface area contributed by atoms with Crippen LogP contribution in [0.3, 0.4) is 0 Å². The molecule has 0 aliphatic rings. The summed E-state index contributed by atoms with van der Waals surface area (Å²) >= 11 is 2.88. The summed E-state index contributed by atoms with van der Waals surface area (Å²) in [7, 11) is 0. The van der Waals surface area contributed by atoms with E-state index in [0.29, 0.717) is 11.0 Å². The van der Waals surface area contributed by atoms with Crippen LogP contribution in [0, 0.1) is 5.82 Å². The highest BCUT2D eigenvalue weighted by Gasteiger charge is 2.23. The summed E-state index contributed by atoms with van der Waals surface area (Å²) in [6.07, 6.45) is 1.46. The predicted octanol–water partition coefficient (Wildman–Crippen LogP) is 5.59. The fourth-order valence-corrected chi connectivity index (χ4v) is 4.43. The highest BCUT2D eigenvalue weighted by molar-refractivity contribution is 7.99. The number of para-hydroxylation sites is 2. The minimum atomic E-state index is -0.511. The van der Waals surface area contributed by atoms with Gasteiger partial charge in [-0.15, -0.1) is 22.0 Å². The van der Waals surface area contributed by atoms with E-state index in [-0.39, 0.29) is 23.5 Å². The number of anilines is 1. The predicted molar refractivity (Wildman–Crippen MR) is 123 cm³/mol. The van der Waals surface area contributed by atoms with Crippen molar-refractivity contribution >= 4 is 35.1 Å². The molecule has 0 fully saturated rings. The molecule has 0 saturated heterocycles. The SMILES string of the molecule is CSc1ccccc1NC(=O)CSc1nnc(C(C)Oc2ccccc2F)n1C(C)C. The van der Waals surface area contributed by atoms with Gasteiger partial charge in [0.2, 0.25) is 5.91 Å². The Kier molecular flexibility index (Phi) is 7.97. The van der Waals surface area contributed by atoms with Gasteiger partial charge in [-0.1, -0.05) is 36.0 Å². The molecule has 3 rings (SSSR count). The van der Waals surface area contributed by atoms with Gasteiger partial charge in [-0.05, 0) is 51.3 Å². The second-order valence-corrected chi connectivity index (χ2v) is 8.82. The summed E-state index contributed by atoms with van der Waals surface area (Å²) < 4.78 is 21.6. The number of hydrogen-bond donors (Lipinski definition) is 1.